The van der Waals surface area contributed by atoms with Crippen molar-refractivity contribution in [3.05, 3.63) is 52.3 Å². The van der Waals surface area contributed by atoms with Gasteiger partial charge in [0.25, 0.3) is 0 Å². The molecule has 0 saturated carbocycles. The molecule has 18 heavy (non-hydrogen) atoms. The first-order valence-electron chi connectivity index (χ1n) is 5.60. The average Bonchev–Trinajstić information content (AvgIpc) is 2.77. The summed E-state index contributed by atoms with van der Waals surface area (Å²) in [6, 6.07) is 7.56. The summed E-state index contributed by atoms with van der Waals surface area (Å²) in [4.78, 5) is 11.9. The number of halogens is 1. The first-order valence-corrected chi connectivity index (χ1v) is 6.39. The van der Waals surface area contributed by atoms with Crippen LogP contribution >= 0.6 is 15.9 Å². The van der Waals surface area contributed by atoms with E-state index >= 15 is 0 Å². The van der Waals surface area contributed by atoms with Crippen molar-refractivity contribution < 1.29 is 9.53 Å². The number of aryl methyl sites for hydroxylation is 2. The molecule has 94 valence electrons. The SMILES string of the molecule is Cc1ccc(Br)cc1OCC(=O)c1ccn(C)c1. The Balaban J connectivity index is 2.03. The molecule has 0 spiro atoms. The molecule has 4 heteroatoms. The summed E-state index contributed by atoms with van der Waals surface area (Å²) >= 11 is 3.38. The van der Waals surface area contributed by atoms with E-state index in [0.717, 1.165) is 15.8 Å². The van der Waals surface area contributed by atoms with Gasteiger partial charge >= 0.3 is 0 Å². The maximum atomic E-state index is 11.9. The lowest BCUT2D eigenvalue weighted by atomic mass is 10.2. The zero-order valence-electron chi connectivity index (χ0n) is 10.3. The number of ether oxygens (including phenoxy) is 1. The topological polar surface area (TPSA) is 31.2 Å². The van der Waals surface area contributed by atoms with Gasteiger partial charge in [-0.1, -0.05) is 22.0 Å². The van der Waals surface area contributed by atoms with Crippen LogP contribution in [0.3, 0.4) is 0 Å². The Labute approximate surface area is 115 Å². The second-order valence-electron chi connectivity index (χ2n) is 4.19. The highest BCUT2D eigenvalue weighted by Crippen LogP contribution is 2.23. The second kappa shape index (κ2) is 5.40. The summed E-state index contributed by atoms with van der Waals surface area (Å²) in [7, 11) is 1.89. The minimum atomic E-state index is -0.0185. The van der Waals surface area contributed by atoms with E-state index in [1.54, 1.807) is 12.3 Å². The maximum absolute atomic E-state index is 11.9. The van der Waals surface area contributed by atoms with Crippen molar-refractivity contribution in [1.29, 1.82) is 0 Å². The van der Waals surface area contributed by atoms with Gasteiger partial charge in [0.1, 0.15) is 5.75 Å². The largest absolute Gasteiger partial charge is 0.485 e. The van der Waals surface area contributed by atoms with Crippen LogP contribution < -0.4 is 4.74 Å². The Morgan fingerprint density at radius 2 is 2.17 bits per heavy atom. The lowest BCUT2D eigenvalue weighted by Gasteiger charge is -2.08. The highest BCUT2D eigenvalue weighted by atomic mass is 79.9. The van der Waals surface area contributed by atoms with Crippen molar-refractivity contribution in [2.75, 3.05) is 6.61 Å². The Morgan fingerprint density at radius 3 is 2.83 bits per heavy atom. The molecule has 0 aliphatic heterocycles. The minimum absolute atomic E-state index is 0.0185. The van der Waals surface area contributed by atoms with Crippen LogP contribution in [0.1, 0.15) is 15.9 Å². The summed E-state index contributed by atoms with van der Waals surface area (Å²) in [5, 5.41) is 0. The van der Waals surface area contributed by atoms with Gasteiger partial charge < -0.3 is 9.30 Å². The van der Waals surface area contributed by atoms with Gasteiger partial charge in [-0.25, -0.2) is 0 Å². The summed E-state index contributed by atoms with van der Waals surface area (Å²) in [5.41, 5.74) is 1.68. The lowest BCUT2D eigenvalue weighted by Crippen LogP contribution is -2.11. The maximum Gasteiger partial charge on any atom is 0.201 e. The van der Waals surface area contributed by atoms with E-state index in [9.17, 15) is 4.79 Å². The van der Waals surface area contributed by atoms with E-state index in [0.29, 0.717) is 5.56 Å². The predicted octanol–water partition coefficient (Wildman–Crippen LogP) is 3.36. The third-order valence-corrected chi connectivity index (χ3v) is 3.16. The summed E-state index contributed by atoms with van der Waals surface area (Å²) in [5.74, 6) is 0.712. The van der Waals surface area contributed by atoms with Gasteiger partial charge in [0, 0.05) is 29.5 Å². The molecule has 3 nitrogen and oxygen atoms in total. The number of aromatic nitrogens is 1. The molecule has 1 aromatic carbocycles. The number of carbonyl (C=O) groups is 1. The van der Waals surface area contributed by atoms with Gasteiger partial charge in [0.2, 0.25) is 5.78 Å². The number of hydrogen-bond acceptors (Lipinski definition) is 2. The number of Topliss-reactive ketones (excluding diaryl/α,β-unsaturated/α-hetero) is 1. The number of benzene rings is 1. The Bertz CT molecular complexity index is 575. The molecule has 2 rings (SSSR count). The summed E-state index contributed by atoms with van der Waals surface area (Å²) in [6.45, 7) is 2.01. The number of ketones is 1. The zero-order chi connectivity index (χ0) is 13.1. The van der Waals surface area contributed by atoms with Crippen LogP contribution in [-0.2, 0) is 7.05 Å². The molecule has 1 aromatic heterocycles. The van der Waals surface area contributed by atoms with Crippen molar-refractivity contribution in [1.82, 2.24) is 4.57 Å². The molecule has 1 heterocycles. The molecule has 0 N–H and O–H groups in total. The second-order valence-corrected chi connectivity index (χ2v) is 5.10. The molecule has 0 aliphatic carbocycles. The van der Waals surface area contributed by atoms with Crippen molar-refractivity contribution in [3.63, 3.8) is 0 Å². The monoisotopic (exact) mass is 307 g/mol. The van der Waals surface area contributed by atoms with Crippen molar-refractivity contribution >= 4 is 21.7 Å². The molecule has 0 aliphatic rings. The van der Waals surface area contributed by atoms with Crippen molar-refractivity contribution in [2.45, 2.75) is 6.92 Å². The van der Waals surface area contributed by atoms with Crippen LogP contribution in [0.4, 0.5) is 0 Å². The number of hydrogen-bond donors (Lipinski definition) is 0. The highest BCUT2D eigenvalue weighted by molar-refractivity contribution is 9.10. The van der Waals surface area contributed by atoms with Crippen molar-refractivity contribution in [3.8, 4) is 5.75 Å². The van der Waals surface area contributed by atoms with Crippen molar-refractivity contribution in [2.24, 2.45) is 7.05 Å². The third-order valence-electron chi connectivity index (χ3n) is 2.66. The molecule has 0 amide bonds. The smallest absolute Gasteiger partial charge is 0.201 e. The highest BCUT2D eigenvalue weighted by Gasteiger charge is 2.09. The third kappa shape index (κ3) is 3.01. The molecular formula is C14H14BrNO2. The van der Waals surface area contributed by atoms with Gasteiger partial charge in [0.05, 0.1) is 0 Å². The average molecular weight is 308 g/mol. The van der Waals surface area contributed by atoms with E-state index < -0.39 is 0 Å². The summed E-state index contributed by atoms with van der Waals surface area (Å²) < 4.78 is 8.34. The van der Waals surface area contributed by atoms with E-state index in [2.05, 4.69) is 15.9 Å². The van der Waals surface area contributed by atoms with Crippen LogP contribution in [0.15, 0.2) is 41.1 Å². The Morgan fingerprint density at radius 1 is 1.39 bits per heavy atom. The first kappa shape index (κ1) is 12.9. The molecule has 0 atom stereocenters. The Hall–Kier alpha value is -1.55. The first-order chi connectivity index (χ1) is 8.56. The van der Waals surface area contributed by atoms with Crippen LogP contribution in [0.2, 0.25) is 0 Å². The molecule has 0 saturated heterocycles. The van der Waals surface area contributed by atoms with Gasteiger partial charge in [0.15, 0.2) is 6.61 Å². The van der Waals surface area contributed by atoms with E-state index in [1.807, 2.05) is 42.9 Å². The quantitative estimate of drug-likeness (QED) is 0.811. The molecule has 0 fully saturated rings. The minimum Gasteiger partial charge on any atom is -0.485 e. The van der Waals surface area contributed by atoms with Crippen LogP contribution in [0.5, 0.6) is 5.75 Å². The van der Waals surface area contributed by atoms with Gasteiger partial charge in [-0.3, -0.25) is 4.79 Å². The van der Waals surface area contributed by atoms with Crippen LogP contribution in [0, 0.1) is 6.92 Å². The number of nitrogens with zero attached hydrogens (tertiary/aromatic N) is 1. The van der Waals surface area contributed by atoms with Gasteiger partial charge in [-0.2, -0.15) is 0 Å². The molecule has 0 unspecified atom stereocenters. The number of rotatable bonds is 4. The zero-order valence-corrected chi connectivity index (χ0v) is 11.9. The fourth-order valence-electron chi connectivity index (χ4n) is 1.62. The lowest BCUT2D eigenvalue weighted by molar-refractivity contribution is 0.0921. The van der Waals surface area contributed by atoms with Gasteiger partial charge in [-0.15, -0.1) is 0 Å². The predicted molar refractivity (Wildman–Crippen MR) is 74.1 cm³/mol. The normalized spacial score (nSPS) is 10.4. The fourth-order valence-corrected chi connectivity index (χ4v) is 1.96. The standard InChI is InChI=1S/C14H14BrNO2/c1-10-3-4-12(15)7-14(10)18-9-13(17)11-5-6-16(2)8-11/h3-8H,9H2,1-2H3. The fraction of sp³-hybridized carbons (Fsp3) is 0.214. The Kier molecular flexibility index (Phi) is 3.87. The van der Waals surface area contributed by atoms with E-state index in [-0.39, 0.29) is 12.4 Å². The van der Waals surface area contributed by atoms with Crippen LogP contribution in [0.25, 0.3) is 0 Å². The molecule has 0 bridgehead atoms. The van der Waals surface area contributed by atoms with Gasteiger partial charge in [-0.05, 0) is 30.7 Å². The van der Waals surface area contributed by atoms with Crippen LogP contribution in [-0.4, -0.2) is 17.0 Å². The molecular weight excluding hydrogens is 294 g/mol. The number of carbonyl (C=O) groups excluding carboxylic acids is 1. The summed E-state index contributed by atoms with van der Waals surface area (Å²) in [6.07, 6.45) is 3.64. The molecule has 2 aromatic rings. The van der Waals surface area contributed by atoms with E-state index in [1.165, 1.54) is 0 Å². The molecule has 0 radical (unpaired) electrons. The van der Waals surface area contributed by atoms with E-state index in [4.69, 9.17) is 4.74 Å².